The minimum Gasteiger partial charge on any atom is -0.503 e. The molecule has 152 valence electrons. The van der Waals surface area contributed by atoms with E-state index in [1.807, 2.05) is 0 Å². The van der Waals surface area contributed by atoms with Gasteiger partial charge in [-0.25, -0.2) is 4.79 Å². The van der Waals surface area contributed by atoms with E-state index in [0.717, 1.165) is 25.7 Å². The van der Waals surface area contributed by atoms with Gasteiger partial charge in [-0.05, 0) is 37.0 Å². The van der Waals surface area contributed by atoms with E-state index in [9.17, 15) is 19.5 Å². The monoisotopic (exact) mass is 387 g/mol. The highest BCUT2D eigenvalue weighted by atomic mass is 16.5. The van der Waals surface area contributed by atoms with Crippen molar-refractivity contribution in [3.05, 3.63) is 46.7 Å². The number of methoxy groups -OCH3 is 1. The summed E-state index contributed by atoms with van der Waals surface area (Å²) in [5.74, 6) is -1.49. The maximum absolute atomic E-state index is 12.7. The highest BCUT2D eigenvalue weighted by Crippen LogP contribution is 2.38. The van der Waals surface area contributed by atoms with E-state index < -0.39 is 23.7 Å². The average molecular weight is 387 g/mol. The van der Waals surface area contributed by atoms with Gasteiger partial charge in [-0.3, -0.25) is 9.59 Å². The second kappa shape index (κ2) is 9.53. The second-order valence-corrected chi connectivity index (χ2v) is 7.21. The van der Waals surface area contributed by atoms with Gasteiger partial charge in [0.05, 0.1) is 24.3 Å². The number of esters is 1. The Morgan fingerprint density at radius 2 is 1.86 bits per heavy atom. The molecular formula is C22H29NO5. The first-order valence-electron chi connectivity index (χ1n) is 9.78. The molecule has 1 aliphatic heterocycles. The van der Waals surface area contributed by atoms with Crippen LogP contribution in [0.15, 0.2) is 35.6 Å². The van der Waals surface area contributed by atoms with Crippen molar-refractivity contribution in [2.45, 2.75) is 52.5 Å². The molecule has 2 atom stereocenters. The average Bonchev–Trinajstić information content (AvgIpc) is 2.95. The molecule has 0 bridgehead atoms. The minimum atomic E-state index is -0.646. The topological polar surface area (TPSA) is 83.9 Å². The van der Waals surface area contributed by atoms with Crippen LogP contribution in [-0.4, -0.2) is 41.3 Å². The summed E-state index contributed by atoms with van der Waals surface area (Å²) in [5, 5.41) is 10.4. The summed E-state index contributed by atoms with van der Waals surface area (Å²) in [6, 6.07) is 5.96. The fraction of sp³-hybridized carbons (Fsp3) is 0.500. The number of nitrogens with zero attached hydrogens (tertiary/aromatic N) is 1. The lowest BCUT2D eigenvalue weighted by atomic mass is 9.94. The first kappa shape index (κ1) is 21.7. The van der Waals surface area contributed by atoms with Crippen LogP contribution in [0.3, 0.4) is 0 Å². The zero-order valence-corrected chi connectivity index (χ0v) is 17.0. The van der Waals surface area contributed by atoms with Gasteiger partial charge in [0, 0.05) is 6.54 Å². The van der Waals surface area contributed by atoms with Crippen molar-refractivity contribution in [3.8, 4) is 0 Å². The number of unbranched alkanes of at least 4 members (excludes halogenated alkanes) is 1. The molecule has 0 aromatic heterocycles. The van der Waals surface area contributed by atoms with Gasteiger partial charge in [-0.2, -0.15) is 0 Å². The predicted molar refractivity (Wildman–Crippen MR) is 106 cm³/mol. The molecule has 2 rings (SSSR count). The van der Waals surface area contributed by atoms with E-state index in [2.05, 4.69) is 13.8 Å². The van der Waals surface area contributed by atoms with Crippen LogP contribution in [0.5, 0.6) is 0 Å². The van der Waals surface area contributed by atoms with E-state index >= 15 is 0 Å². The SMILES string of the molecule is CCCC[C@@H](CC)CN1C(=O)C(O)=C(C(C)=O)[C@@H]1c1ccc(C(=O)OC)cc1. The molecule has 6 heteroatoms. The quantitative estimate of drug-likeness (QED) is 0.648. The molecule has 0 unspecified atom stereocenters. The second-order valence-electron chi connectivity index (χ2n) is 7.21. The van der Waals surface area contributed by atoms with Gasteiger partial charge in [0.1, 0.15) is 0 Å². The number of hydrogen-bond donors (Lipinski definition) is 1. The lowest BCUT2D eigenvalue weighted by molar-refractivity contribution is -0.130. The van der Waals surface area contributed by atoms with Crippen molar-refractivity contribution in [3.63, 3.8) is 0 Å². The molecule has 0 aliphatic carbocycles. The van der Waals surface area contributed by atoms with Crippen molar-refractivity contribution in [1.82, 2.24) is 4.90 Å². The number of aliphatic hydroxyl groups is 1. The molecule has 1 heterocycles. The fourth-order valence-corrected chi connectivity index (χ4v) is 3.66. The summed E-state index contributed by atoms with van der Waals surface area (Å²) >= 11 is 0. The molecular weight excluding hydrogens is 358 g/mol. The molecule has 1 N–H and O–H groups in total. The number of aliphatic hydroxyl groups excluding tert-OH is 1. The Morgan fingerprint density at radius 3 is 2.36 bits per heavy atom. The molecule has 0 fully saturated rings. The first-order valence-corrected chi connectivity index (χ1v) is 9.78. The van der Waals surface area contributed by atoms with Crippen LogP contribution < -0.4 is 0 Å². The smallest absolute Gasteiger partial charge is 0.337 e. The van der Waals surface area contributed by atoms with E-state index in [4.69, 9.17) is 4.74 Å². The molecule has 0 spiro atoms. The van der Waals surface area contributed by atoms with Crippen molar-refractivity contribution < 1.29 is 24.2 Å². The van der Waals surface area contributed by atoms with Gasteiger partial charge in [-0.15, -0.1) is 0 Å². The number of ketones is 1. The van der Waals surface area contributed by atoms with Crippen LogP contribution in [0.25, 0.3) is 0 Å². The van der Waals surface area contributed by atoms with Crippen LogP contribution in [0.4, 0.5) is 0 Å². The molecule has 1 amide bonds. The number of rotatable bonds is 9. The van der Waals surface area contributed by atoms with Gasteiger partial charge >= 0.3 is 5.97 Å². The van der Waals surface area contributed by atoms with Crippen LogP contribution in [0.2, 0.25) is 0 Å². The number of benzene rings is 1. The lowest BCUT2D eigenvalue weighted by Crippen LogP contribution is -2.35. The Morgan fingerprint density at radius 1 is 1.21 bits per heavy atom. The molecule has 0 saturated heterocycles. The maximum atomic E-state index is 12.7. The number of ether oxygens (including phenoxy) is 1. The molecule has 0 radical (unpaired) electrons. The third-order valence-corrected chi connectivity index (χ3v) is 5.33. The van der Waals surface area contributed by atoms with Gasteiger partial charge < -0.3 is 14.7 Å². The number of amides is 1. The summed E-state index contributed by atoms with van der Waals surface area (Å²) in [5.41, 5.74) is 1.18. The summed E-state index contributed by atoms with van der Waals surface area (Å²) in [7, 11) is 1.31. The third kappa shape index (κ3) is 4.43. The summed E-state index contributed by atoms with van der Waals surface area (Å²) in [6.07, 6.45) is 4.04. The Hall–Kier alpha value is -2.63. The number of Topliss-reactive ketones (excluding diaryl/α,β-unsaturated/α-hetero) is 1. The van der Waals surface area contributed by atoms with Crippen LogP contribution >= 0.6 is 0 Å². The molecule has 1 aromatic rings. The van der Waals surface area contributed by atoms with Crippen LogP contribution in [-0.2, 0) is 14.3 Å². The highest BCUT2D eigenvalue weighted by Gasteiger charge is 2.42. The zero-order chi connectivity index (χ0) is 20.8. The van der Waals surface area contributed by atoms with Gasteiger partial charge in [0.2, 0.25) is 0 Å². The van der Waals surface area contributed by atoms with Gasteiger partial charge in [-0.1, -0.05) is 45.2 Å². The molecule has 1 aromatic carbocycles. The van der Waals surface area contributed by atoms with E-state index in [1.54, 1.807) is 29.2 Å². The third-order valence-electron chi connectivity index (χ3n) is 5.33. The van der Waals surface area contributed by atoms with Crippen molar-refractivity contribution >= 4 is 17.7 Å². The van der Waals surface area contributed by atoms with Gasteiger partial charge in [0.15, 0.2) is 11.5 Å². The maximum Gasteiger partial charge on any atom is 0.337 e. The number of carbonyl (C=O) groups excluding carboxylic acids is 3. The standard InChI is InChI=1S/C22H29NO5/c1-5-7-8-15(6-2)13-23-19(18(14(3)24)20(25)21(23)26)16-9-11-17(12-10-16)22(27)28-4/h9-12,15,19,25H,5-8,13H2,1-4H3/t15-,19+/m1/s1. The Bertz CT molecular complexity index is 766. The molecule has 1 aliphatic rings. The van der Waals surface area contributed by atoms with Crippen molar-refractivity contribution in [2.24, 2.45) is 5.92 Å². The first-order chi connectivity index (χ1) is 13.3. The van der Waals surface area contributed by atoms with E-state index in [0.29, 0.717) is 23.6 Å². The highest BCUT2D eigenvalue weighted by molar-refractivity contribution is 6.08. The largest absolute Gasteiger partial charge is 0.503 e. The van der Waals surface area contributed by atoms with E-state index in [-0.39, 0.29) is 11.4 Å². The van der Waals surface area contributed by atoms with Crippen molar-refractivity contribution in [2.75, 3.05) is 13.7 Å². The predicted octanol–water partition coefficient (Wildman–Crippen LogP) is 3.97. The van der Waals surface area contributed by atoms with Gasteiger partial charge in [0.25, 0.3) is 5.91 Å². The summed E-state index contributed by atoms with van der Waals surface area (Å²) in [6.45, 7) is 6.03. The van der Waals surface area contributed by atoms with Crippen molar-refractivity contribution in [1.29, 1.82) is 0 Å². The summed E-state index contributed by atoms with van der Waals surface area (Å²) < 4.78 is 4.71. The normalized spacial score (nSPS) is 17.8. The fourth-order valence-electron chi connectivity index (χ4n) is 3.66. The van der Waals surface area contributed by atoms with Crippen LogP contribution in [0, 0.1) is 5.92 Å². The van der Waals surface area contributed by atoms with Crippen LogP contribution in [0.1, 0.15) is 68.4 Å². The minimum absolute atomic E-state index is 0.112. The Labute approximate surface area is 166 Å². The Kier molecular flexibility index (Phi) is 7.38. The number of hydrogen-bond acceptors (Lipinski definition) is 5. The zero-order valence-electron chi connectivity index (χ0n) is 17.0. The Balaban J connectivity index is 2.39. The lowest BCUT2D eigenvalue weighted by Gasteiger charge is -2.30. The molecule has 28 heavy (non-hydrogen) atoms. The summed E-state index contributed by atoms with van der Waals surface area (Å²) in [4.78, 5) is 38.2. The molecule has 6 nitrogen and oxygen atoms in total. The van der Waals surface area contributed by atoms with E-state index in [1.165, 1.54) is 14.0 Å². The number of carbonyl (C=O) groups is 3. The molecule has 0 saturated carbocycles.